The number of carbonyl (C=O) groups is 1. The van der Waals surface area contributed by atoms with Crippen molar-refractivity contribution in [2.45, 2.75) is 26.8 Å². The minimum absolute atomic E-state index is 0.0510. The molecule has 0 spiro atoms. The molecule has 1 unspecified atom stereocenters. The second kappa shape index (κ2) is 4.42. The maximum absolute atomic E-state index is 10.3. The maximum atomic E-state index is 10.3. The van der Waals surface area contributed by atoms with E-state index in [-0.39, 0.29) is 11.5 Å². The van der Waals surface area contributed by atoms with Crippen molar-refractivity contribution in [3.63, 3.8) is 0 Å². The van der Waals surface area contributed by atoms with E-state index in [2.05, 4.69) is 20.8 Å². The lowest BCUT2D eigenvalue weighted by Crippen LogP contribution is -2.37. The van der Waals surface area contributed by atoms with Crippen LogP contribution in [0.2, 0.25) is 0 Å². The molecular formula is C10H19NO2. The van der Waals surface area contributed by atoms with Crippen molar-refractivity contribution < 1.29 is 9.90 Å². The van der Waals surface area contributed by atoms with Crippen molar-refractivity contribution in [3.05, 3.63) is 12.2 Å². The molecular weight excluding hydrogens is 166 g/mol. The minimum atomic E-state index is -0.892. The molecule has 1 N–H and O–H groups in total. The fourth-order valence-corrected chi connectivity index (χ4v) is 1.41. The highest BCUT2D eigenvalue weighted by molar-refractivity contribution is 5.79. The van der Waals surface area contributed by atoms with Gasteiger partial charge in [0, 0.05) is 12.1 Å². The molecule has 0 aromatic carbocycles. The van der Waals surface area contributed by atoms with Gasteiger partial charge in [0.25, 0.3) is 0 Å². The van der Waals surface area contributed by atoms with Gasteiger partial charge in [-0.3, -0.25) is 0 Å². The Bertz CT molecular complexity index is 201. The number of likely N-dealkylation sites (N-methyl/N-ethyl adjacent to an activating group) is 1. The second-order valence-corrected chi connectivity index (χ2v) is 4.47. The fourth-order valence-electron chi connectivity index (χ4n) is 1.41. The smallest absolute Gasteiger partial charge is 0.328 e. The highest BCUT2D eigenvalue weighted by atomic mass is 16.4. The summed E-state index contributed by atoms with van der Waals surface area (Å²) >= 11 is 0. The normalized spacial score (nSPS) is 15.2. The van der Waals surface area contributed by atoms with Gasteiger partial charge < -0.3 is 10.0 Å². The fraction of sp³-hybridized carbons (Fsp3) is 0.700. The number of nitrogens with zero attached hydrogens (tertiary/aromatic N) is 1. The summed E-state index contributed by atoms with van der Waals surface area (Å²) in [6, 6.07) is 0.142. The Labute approximate surface area is 80.0 Å². The molecule has 13 heavy (non-hydrogen) atoms. The topological polar surface area (TPSA) is 40.5 Å². The zero-order valence-electron chi connectivity index (χ0n) is 9.03. The number of hydrogen-bond acceptors (Lipinski definition) is 2. The van der Waals surface area contributed by atoms with Crippen molar-refractivity contribution in [2.24, 2.45) is 5.41 Å². The Morgan fingerprint density at radius 2 is 1.85 bits per heavy atom. The van der Waals surface area contributed by atoms with Crippen LogP contribution < -0.4 is 0 Å². The van der Waals surface area contributed by atoms with Crippen LogP contribution in [-0.4, -0.2) is 36.1 Å². The SMILES string of the molecule is CN(C)C(/C=C/C(=O)O)C(C)(C)C. The van der Waals surface area contributed by atoms with E-state index >= 15 is 0 Å². The zero-order valence-corrected chi connectivity index (χ0v) is 9.03. The van der Waals surface area contributed by atoms with Crippen LogP contribution in [0.25, 0.3) is 0 Å². The molecule has 0 rings (SSSR count). The average molecular weight is 185 g/mol. The predicted molar refractivity (Wildman–Crippen MR) is 53.7 cm³/mol. The van der Waals surface area contributed by atoms with Gasteiger partial charge in [-0.15, -0.1) is 0 Å². The lowest BCUT2D eigenvalue weighted by molar-refractivity contribution is -0.131. The number of hydrogen-bond donors (Lipinski definition) is 1. The molecule has 0 saturated heterocycles. The van der Waals surface area contributed by atoms with Gasteiger partial charge in [-0.1, -0.05) is 26.8 Å². The Morgan fingerprint density at radius 1 is 1.38 bits per heavy atom. The monoisotopic (exact) mass is 185 g/mol. The summed E-state index contributed by atoms with van der Waals surface area (Å²) in [5.74, 6) is -0.892. The van der Waals surface area contributed by atoms with Crippen molar-refractivity contribution in [2.75, 3.05) is 14.1 Å². The summed E-state index contributed by atoms with van der Waals surface area (Å²) in [5.41, 5.74) is 0.0510. The molecule has 0 saturated carbocycles. The van der Waals surface area contributed by atoms with Crippen molar-refractivity contribution in [3.8, 4) is 0 Å². The van der Waals surface area contributed by atoms with Crippen LogP contribution in [0.4, 0.5) is 0 Å². The third-order valence-electron chi connectivity index (χ3n) is 1.86. The first-order valence-electron chi connectivity index (χ1n) is 4.32. The average Bonchev–Trinajstić information content (AvgIpc) is 1.81. The first-order chi connectivity index (χ1) is 5.75. The molecule has 0 aliphatic rings. The quantitative estimate of drug-likeness (QED) is 0.679. The zero-order chi connectivity index (χ0) is 10.6. The van der Waals surface area contributed by atoms with E-state index in [0.29, 0.717) is 0 Å². The molecule has 0 aliphatic heterocycles. The summed E-state index contributed by atoms with van der Waals surface area (Å²) in [5, 5.41) is 8.50. The Hall–Kier alpha value is -0.830. The summed E-state index contributed by atoms with van der Waals surface area (Å²) in [4.78, 5) is 12.4. The van der Waals surface area contributed by atoms with Gasteiger partial charge in [-0.05, 0) is 19.5 Å². The first kappa shape index (κ1) is 12.2. The van der Waals surface area contributed by atoms with Gasteiger partial charge in [0.05, 0.1) is 0 Å². The lowest BCUT2D eigenvalue weighted by atomic mass is 9.86. The first-order valence-corrected chi connectivity index (χ1v) is 4.32. The molecule has 0 aromatic heterocycles. The van der Waals surface area contributed by atoms with Crippen molar-refractivity contribution >= 4 is 5.97 Å². The van der Waals surface area contributed by atoms with Gasteiger partial charge in [0.2, 0.25) is 0 Å². The van der Waals surface area contributed by atoms with E-state index in [1.807, 2.05) is 19.0 Å². The molecule has 0 fully saturated rings. The number of carboxylic acid groups (broad SMARTS) is 1. The Morgan fingerprint density at radius 3 is 2.08 bits per heavy atom. The highest BCUT2D eigenvalue weighted by Crippen LogP contribution is 2.23. The standard InChI is InChI=1S/C10H19NO2/c1-10(2,3)8(11(4)5)6-7-9(12)13/h6-8H,1-5H3,(H,12,13)/b7-6+. The van der Waals surface area contributed by atoms with Gasteiger partial charge >= 0.3 is 5.97 Å². The predicted octanol–water partition coefficient (Wildman–Crippen LogP) is 1.60. The summed E-state index contributed by atoms with van der Waals surface area (Å²) < 4.78 is 0. The molecule has 1 atom stereocenters. The number of aliphatic carboxylic acids is 1. The molecule has 0 heterocycles. The summed E-state index contributed by atoms with van der Waals surface area (Å²) in [6.45, 7) is 6.26. The van der Waals surface area contributed by atoms with Crippen LogP contribution in [0.5, 0.6) is 0 Å². The Kier molecular flexibility index (Phi) is 4.14. The summed E-state index contributed by atoms with van der Waals surface area (Å²) in [6.07, 6.45) is 2.93. The van der Waals surface area contributed by atoms with E-state index < -0.39 is 5.97 Å². The molecule has 0 aliphatic carbocycles. The van der Waals surface area contributed by atoms with Crippen LogP contribution in [0.3, 0.4) is 0 Å². The van der Waals surface area contributed by atoms with Crippen molar-refractivity contribution in [1.29, 1.82) is 0 Å². The molecule has 0 bridgehead atoms. The molecule has 0 amide bonds. The van der Waals surface area contributed by atoms with E-state index in [1.165, 1.54) is 6.08 Å². The van der Waals surface area contributed by atoms with E-state index in [1.54, 1.807) is 6.08 Å². The van der Waals surface area contributed by atoms with Crippen LogP contribution in [-0.2, 0) is 4.79 Å². The lowest BCUT2D eigenvalue weighted by Gasteiger charge is -2.33. The van der Waals surface area contributed by atoms with Crippen LogP contribution in [0.15, 0.2) is 12.2 Å². The van der Waals surface area contributed by atoms with Crippen LogP contribution in [0.1, 0.15) is 20.8 Å². The van der Waals surface area contributed by atoms with E-state index in [0.717, 1.165) is 0 Å². The van der Waals surface area contributed by atoms with E-state index in [4.69, 9.17) is 5.11 Å². The van der Waals surface area contributed by atoms with Crippen molar-refractivity contribution in [1.82, 2.24) is 4.90 Å². The number of rotatable bonds is 3. The molecule has 76 valence electrons. The third kappa shape index (κ3) is 4.68. The second-order valence-electron chi connectivity index (χ2n) is 4.47. The van der Waals surface area contributed by atoms with E-state index in [9.17, 15) is 4.79 Å². The summed E-state index contributed by atoms with van der Waals surface area (Å²) in [7, 11) is 3.89. The maximum Gasteiger partial charge on any atom is 0.328 e. The molecule has 3 nitrogen and oxygen atoms in total. The van der Waals surface area contributed by atoms with Gasteiger partial charge in [-0.25, -0.2) is 4.79 Å². The molecule has 3 heteroatoms. The van der Waals surface area contributed by atoms with Gasteiger partial charge in [0.15, 0.2) is 0 Å². The van der Waals surface area contributed by atoms with Crippen LogP contribution in [0, 0.1) is 5.41 Å². The minimum Gasteiger partial charge on any atom is -0.478 e. The molecule has 0 aromatic rings. The third-order valence-corrected chi connectivity index (χ3v) is 1.86. The highest BCUT2D eigenvalue weighted by Gasteiger charge is 2.23. The number of carboxylic acids is 1. The van der Waals surface area contributed by atoms with Gasteiger partial charge in [-0.2, -0.15) is 0 Å². The van der Waals surface area contributed by atoms with Crippen LogP contribution >= 0.6 is 0 Å². The Balaban J connectivity index is 4.55. The molecule has 0 radical (unpaired) electrons. The largest absolute Gasteiger partial charge is 0.478 e. The van der Waals surface area contributed by atoms with Gasteiger partial charge in [0.1, 0.15) is 0 Å².